The van der Waals surface area contributed by atoms with Crippen LogP contribution in [-0.2, 0) is 11.2 Å². The first-order valence-electron chi connectivity index (χ1n) is 5.94. The quantitative estimate of drug-likeness (QED) is 0.689. The highest BCUT2D eigenvalue weighted by molar-refractivity contribution is 6.30. The third-order valence-electron chi connectivity index (χ3n) is 3.74. The Balaban J connectivity index is 2.13. The molecule has 3 rings (SSSR count). The minimum atomic E-state index is 0.237. The highest BCUT2D eigenvalue weighted by atomic mass is 35.5. The molecule has 1 amide bonds. The summed E-state index contributed by atoms with van der Waals surface area (Å²) in [5.74, 6) is 0.237. The van der Waals surface area contributed by atoms with E-state index in [4.69, 9.17) is 11.6 Å². The monoisotopic (exact) mass is 247 g/mol. The molecule has 3 heteroatoms. The normalized spacial score (nSPS) is 19.2. The molecule has 0 saturated heterocycles. The zero-order valence-corrected chi connectivity index (χ0v) is 10.5. The molecule has 1 heterocycles. The van der Waals surface area contributed by atoms with Crippen molar-refractivity contribution in [3.8, 4) is 0 Å². The Bertz CT molecular complexity index is 533. The summed E-state index contributed by atoms with van der Waals surface area (Å²) in [6, 6.07) is 6.08. The molecule has 0 fully saturated rings. The van der Waals surface area contributed by atoms with E-state index in [9.17, 15) is 4.79 Å². The van der Waals surface area contributed by atoms with E-state index in [1.807, 2.05) is 18.0 Å². The summed E-state index contributed by atoms with van der Waals surface area (Å²) in [5.41, 5.74) is 5.15. The number of carbonyl (C=O) groups excluding carboxylic acids is 1. The van der Waals surface area contributed by atoms with Crippen molar-refractivity contribution < 1.29 is 4.79 Å². The van der Waals surface area contributed by atoms with Gasteiger partial charge in [0.05, 0.1) is 0 Å². The second kappa shape index (κ2) is 3.88. The van der Waals surface area contributed by atoms with Gasteiger partial charge in [-0.25, -0.2) is 0 Å². The predicted octanol–water partition coefficient (Wildman–Crippen LogP) is 3.25. The minimum Gasteiger partial charge on any atom is -0.319 e. The van der Waals surface area contributed by atoms with Crippen LogP contribution in [0.25, 0.3) is 5.57 Å². The maximum Gasteiger partial charge on any atom is 0.226 e. The van der Waals surface area contributed by atoms with Gasteiger partial charge in [-0.1, -0.05) is 17.7 Å². The van der Waals surface area contributed by atoms with Gasteiger partial charge in [-0.15, -0.1) is 0 Å². The number of fused-ring (bicyclic) bond motifs is 2. The van der Waals surface area contributed by atoms with Gasteiger partial charge in [0, 0.05) is 24.2 Å². The summed E-state index contributed by atoms with van der Waals surface area (Å²) in [6.07, 6.45) is 3.42. The minimum absolute atomic E-state index is 0.237. The van der Waals surface area contributed by atoms with E-state index in [2.05, 4.69) is 12.1 Å². The molecule has 1 aliphatic heterocycles. The van der Waals surface area contributed by atoms with E-state index in [1.54, 1.807) is 0 Å². The predicted molar refractivity (Wildman–Crippen MR) is 68.7 cm³/mol. The average Bonchev–Trinajstić information content (AvgIpc) is 2.33. The molecule has 2 aliphatic rings. The second-order valence-corrected chi connectivity index (χ2v) is 5.12. The van der Waals surface area contributed by atoms with Crippen LogP contribution in [0.5, 0.6) is 0 Å². The summed E-state index contributed by atoms with van der Waals surface area (Å²) in [5, 5.41) is 0.799. The van der Waals surface area contributed by atoms with E-state index in [0.29, 0.717) is 6.42 Å². The largest absolute Gasteiger partial charge is 0.319 e. The Morgan fingerprint density at radius 3 is 2.82 bits per heavy atom. The van der Waals surface area contributed by atoms with Crippen molar-refractivity contribution in [3.63, 3.8) is 0 Å². The van der Waals surface area contributed by atoms with Gasteiger partial charge >= 0.3 is 0 Å². The number of aryl methyl sites for hydroxylation is 1. The number of rotatable bonds is 0. The molecule has 88 valence electrons. The van der Waals surface area contributed by atoms with Crippen molar-refractivity contribution in [2.75, 3.05) is 7.05 Å². The number of hydrogen-bond acceptors (Lipinski definition) is 1. The zero-order valence-electron chi connectivity index (χ0n) is 9.79. The van der Waals surface area contributed by atoms with Crippen molar-refractivity contribution in [2.24, 2.45) is 0 Å². The SMILES string of the molecule is CN1C(=O)CCC2=C1CCc1cc(Cl)ccc12. The maximum atomic E-state index is 11.7. The first-order chi connectivity index (χ1) is 8.16. The maximum absolute atomic E-state index is 11.7. The van der Waals surface area contributed by atoms with Gasteiger partial charge in [0.1, 0.15) is 0 Å². The van der Waals surface area contributed by atoms with Crippen LogP contribution < -0.4 is 0 Å². The number of allylic oxidation sites excluding steroid dienone is 2. The Kier molecular flexibility index (Phi) is 2.48. The highest BCUT2D eigenvalue weighted by Gasteiger charge is 2.28. The van der Waals surface area contributed by atoms with E-state index in [1.165, 1.54) is 22.4 Å². The molecule has 2 nitrogen and oxygen atoms in total. The van der Waals surface area contributed by atoms with E-state index >= 15 is 0 Å². The fourth-order valence-corrected chi connectivity index (χ4v) is 3.02. The number of nitrogens with zero attached hydrogens (tertiary/aromatic N) is 1. The van der Waals surface area contributed by atoms with Crippen molar-refractivity contribution in [3.05, 3.63) is 40.0 Å². The number of carbonyl (C=O) groups is 1. The first-order valence-corrected chi connectivity index (χ1v) is 6.32. The lowest BCUT2D eigenvalue weighted by Gasteiger charge is -2.33. The Morgan fingerprint density at radius 1 is 1.18 bits per heavy atom. The molecule has 0 bridgehead atoms. The Hall–Kier alpha value is -1.28. The van der Waals surface area contributed by atoms with Gasteiger partial charge in [-0.05, 0) is 48.1 Å². The fourth-order valence-electron chi connectivity index (χ4n) is 2.82. The standard InChI is InChI=1S/C14H14ClNO/c1-16-13-6-2-9-8-10(15)3-4-11(9)12(13)5-7-14(16)17/h3-4,8H,2,5-7H2,1H3. The molecule has 0 aromatic heterocycles. The molecule has 0 unspecified atom stereocenters. The van der Waals surface area contributed by atoms with Gasteiger partial charge in [-0.3, -0.25) is 4.79 Å². The van der Waals surface area contributed by atoms with Crippen LogP contribution in [0.1, 0.15) is 30.4 Å². The van der Waals surface area contributed by atoms with Gasteiger partial charge < -0.3 is 4.90 Å². The summed E-state index contributed by atoms with van der Waals surface area (Å²) in [6.45, 7) is 0. The lowest BCUT2D eigenvalue weighted by molar-refractivity contribution is -0.128. The summed E-state index contributed by atoms with van der Waals surface area (Å²) < 4.78 is 0. The van der Waals surface area contributed by atoms with Gasteiger partial charge in [-0.2, -0.15) is 0 Å². The molecule has 1 aromatic carbocycles. The van der Waals surface area contributed by atoms with Crippen LogP contribution in [0, 0.1) is 0 Å². The number of amides is 1. The zero-order chi connectivity index (χ0) is 12.0. The van der Waals surface area contributed by atoms with Crippen LogP contribution in [0.2, 0.25) is 5.02 Å². The molecule has 0 radical (unpaired) electrons. The summed E-state index contributed by atoms with van der Waals surface area (Å²) in [4.78, 5) is 13.5. The van der Waals surface area contributed by atoms with Crippen LogP contribution in [0.4, 0.5) is 0 Å². The summed E-state index contributed by atoms with van der Waals surface area (Å²) >= 11 is 6.02. The van der Waals surface area contributed by atoms with E-state index < -0.39 is 0 Å². The van der Waals surface area contributed by atoms with E-state index in [0.717, 1.165) is 24.3 Å². The summed E-state index contributed by atoms with van der Waals surface area (Å²) in [7, 11) is 1.89. The van der Waals surface area contributed by atoms with Gasteiger partial charge in [0.2, 0.25) is 5.91 Å². The lowest BCUT2D eigenvalue weighted by Crippen LogP contribution is -2.32. The average molecular weight is 248 g/mol. The van der Waals surface area contributed by atoms with Crippen LogP contribution >= 0.6 is 11.6 Å². The fraction of sp³-hybridized carbons (Fsp3) is 0.357. The number of halogens is 1. The Morgan fingerprint density at radius 2 is 2.00 bits per heavy atom. The highest BCUT2D eigenvalue weighted by Crippen LogP contribution is 2.39. The van der Waals surface area contributed by atoms with Crippen molar-refractivity contribution in [2.45, 2.75) is 25.7 Å². The molecule has 0 spiro atoms. The number of hydrogen-bond donors (Lipinski definition) is 0. The molecule has 0 saturated carbocycles. The molecule has 1 aromatic rings. The first kappa shape index (κ1) is 10.8. The smallest absolute Gasteiger partial charge is 0.226 e. The van der Waals surface area contributed by atoms with Crippen LogP contribution in [0.15, 0.2) is 23.9 Å². The third-order valence-corrected chi connectivity index (χ3v) is 3.97. The van der Waals surface area contributed by atoms with Crippen molar-refractivity contribution in [1.29, 1.82) is 0 Å². The van der Waals surface area contributed by atoms with Crippen LogP contribution in [-0.4, -0.2) is 17.9 Å². The van der Waals surface area contributed by atoms with Gasteiger partial charge in [0.25, 0.3) is 0 Å². The van der Waals surface area contributed by atoms with Crippen molar-refractivity contribution in [1.82, 2.24) is 4.90 Å². The molecule has 1 aliphatic carbocycles. The lowest BCUT2D eigenvalue weighted by atomic mass is 9.84. The molecular formula is C14H14ClNO. The Labute approximate surface area is 106 Å². The molecular weight excluding hydrogens is 234 g/mol. The van der Waals surface area contributed by atoms with Gasteiger partial charge in [0.15, 0.2) is 0 Å². The molecule has 17 heavy (non-hydrogen) atoms. The van der Waals surface area contributed by atoms with Crippen LogP contribution in [0.3, 0.4) is 0 Å². The van der Waals surface area contributed by atoms with E-state index in [-0.39, 0.29) is 5.91 Å². The second-order valence-electron chi connectivity index (χ2n) is 4.68. The molecule has 0 atom stereocenters. The molecule has 0 N–H and O–H groups in total. The number of benzene rings is 1. The third kappa shape index (κ3) is 1.67. The topological polar surface area (TPSA) is 20.3 Å². The van der Waals surface area contributed by atoms with Crippen molar-refractivity contribution >= 4 is 23.1 Å².